The van der Waals surface area contributed by atoms with E-state index in [1.165, 1.54) is 116 Å². The molecular formula is C27H54O2. The molecule has 0 aromatic rings. The first-order valence-corrected chi connectivity index (χ1v) is 13.2. The molecule has 0 aliphatic carbocycles. The van der Waals surface area contributed by atoms with Gasteiger partial charge in [-0.25, -0.2) is 0 Å². The Morgan fingerprint density at radius 3 is 1.52 bits per heavy atom. The lowest BCUT2D eigenvalue weighted by Gasteiger charge is -2.19. The van der Waals surface area contributed by atoms with Crippen LogP contribution in [0.2, 0.25) is 0 Å². The molecule has 0 heterocycles. The maximum absolute atomic E-state index is 6.12. The standard InChI is InChI=1S/C27H54O2/c1-4-7-10-13-16-17-18-21-24-27(28-25-22-19-14-11-8-5-2)29-26-23-20-15-12-9-6-3/h10,13,27H,4-9,11-12,14-26H2,1-3H3/b13-10+. The first-order valence-electron chi connectivity index (χ1n) is 13.2. The smallest absolute Gasteiger partial charge is 0.157 e. The van der Waals surface area contributed by atoms with Crippen LogP contribution in [0.5, 0.6) is 0 Å². The van der Waals surface area contributed by atoms with Crippen LogP contribution in [0.4, 0.5) is 0 Å². The van der Waals surface area contributed by atoms with Gasteiger partial charge in [-0.3, -0.25) is 0 Å². The van der Waals surface area contributed by atoms with E-state index >= 15 is 0 Å². The van der Waals surface area contributed by atoms with Crippen LogP contribution in [0.1, 0.15) is 143 Å². The van der Waals surface area contributed by atoms with Crippen molar-refractivity contribution < 1.29 is 9.47 Å². The van der Waals surface area contributed by atoms with Crippen molar-refractivity contribution in [2.75, 3.05) is 13.2 Å². The van der Waals surface area contributed by atoms with E-state index in [2.05, 4.69) is 32.9 Å². The highest BCUT2D eigenvalue weighted by molar-refractivity contribution is 4.80. The second-order valence-electron chi connectivity index (χ2n) is 8.60. The van der Waals surface area contributed by atoms with E-state index in [9.17, 15) is 0 Å². The van der Waals surface area contributed by atoms with E-state index in [1.54, 1.807) is 0 Å². The third-order valence-corrected chi connectivity index (χ3v) is 5.54. The van der Waals surface area contributed by atoms with Gasteiger partial charge >= 0.3 is 0 Å². The Bertz CT molecular complexity index is 296. The summed E-state index contributed by atoms with van der Waals surface area (Å²) >= 11 is 0. The summed E-state index contributed by atoms with van der Waals surface area (Å²) in [5.74, 6) is 0. The number of hydrogen-bond donors (Lipinski definition) is 0. The van der Waals surface area contributed by atoms with Crippen LogP contribution in [-0.4, -0.2) is 19.5 Å². The summed E-state index contributed by atoms with van der Waals surface area (Å²) in [5, 5.41) is 0. The zero-order valence-corrected chi connectivity index (χ0v) is 20.4. The van der Waals surface area contributed by atoms with Gasteiger partial charge in [0, 0.05) is 13.2 Å². The van der Waals surface area contributed by atoms with E-state index in [0.717, 1.165) is 19.6 Å². The van der Waals surface area contributed by atoms with Crippen LogP contribution in [0.15, 0.2) is 12.2 Å². The molecule has 0 aromatic heterocycles. The number of allylic oxidation sites excluding steroid dienone is 2. The summed E-state index contributed by atoms with van der Waals surface area (Å²) < 4.78 is 12.2. The first-order chi connectivity index (χ1) is 14.3. The van der Waals surface area contributed by atoms with E-state index in [-0.39, 0.29) is 6.29 Å². The highest BCUT2D eigenvalue weighted by Gasteiger charge is 2.09. The quantitative estimate of drug-likeness (QED) is 0.0896. The number of hydrogen-bond acceptors (Lipinski definition) is 2. The third kappa shape index (κ3) is 23.8. The largest absolute Gasteiger partial charge is 0.353 e. The van der Waals surface area contributed by atoms with Gasteiger partial charge in [0.2, 0.25) is 0 Å². The van der Waals surface area contributed by atoms with E-state index < -0.39 is 0 Å². The maximum atomic E-state index is 6.12. The fourth-order valence-corrected chi connectivity index (χ4v) is 3.56. The third-order valence-electron chi connectivity index (χ3n) is 5.54. The Balaban J connectivity index is 3.86. The molecule has 0 N–H and O–H groups in total. The summed E-state index contributed by atoms with van der Waals surface area (Å²) in [7, 11) is 0. The summed E-state index contributed by atoms with van der Waals surface area (Å²) in [4.78, 5) is 0. The highest BCUT2D eigenvalue weighted by Crippen LogP contribution is 2.13. The van der Waals surface area contributed by atoms with Crippen LogP contribution in [0.25, 0.3) is 0 Å². The average Bonchev–Trinajstić information content (AvgIpc) is 2.73. The minimum absolute atomic E-state index is 0.0249. The molecule has 0 atom stereocenters. The first kappa shape index (κ1) is 28.7. The van der Waals surface area contributed by atoms with Crippen molar-refractivity contribution in [3.05, 3.63) is 12.2 Å². The Morgan fingerprint density at radius 1 is 0.483 bits per heavy atom. The molecule has 0 unspecified atom stereocenters. The summed E-state index contributed by atoms with van der Waals surface area (Å²) in [6, 6.07) is 0. The van der Waals surface area contributed by atoms with E-state index in [1.807, 2.05) is 0 Å². The van der Waals surface area contributed by atoms with Crippen molar-refractivity contribution in [2.24, 2.45) is 0 Å². The minimum atomic E-state index is 0.0249. The van der Waals surface area contributed by atoms with Gasteiger partial charge in [0.1, 0.15) is 0 Å². The Morgan fingerprint density at radius 2 is 0.966 bits per heavy atom. The monoisotopic (exact) mass is 410 g/mol. The summed E-state index contributed by atoms with van der Waals surface area (Å²) in [5.41, 5.74) is 0. The van der Waals surface area contributed by atoms with Crippen LogP contribution >= 0.6 is 0 Å². The molecule has 0 saturated carbocycles. The SMILES string of the molecule is CCC/C=C/CCCCCC(OCCCCCCCC)OCCCCCCCC. The molecule has 0 aromatic carbocycles. The van der Waals surface area contributed by atoms with Crippen molar-refractivity contribution in [1.82, 2.24) is 0 Å². The van der Waals surface area contributed by atoms with Crippen molar-refractivity contribution in [2.45, 2.75) is 149 Å². The van der Waals surface area contributed by atoms with Gasteiger partial charge in [-0.15, -0.1) is 0 Å². The van der Waals surface area contributed by atoms with Crippen molar-refractivity contribution in [3.8, 4) is 0 Å². The van der Waals surface area contributed by atoms with Crippen LogP contribution < -0.4 is 0 Å². The molecule has 0 aliphatic rings. The molecule has 2 heteroatoms. The molecule has 0 radical (unpaired) electrons. The number of unbranched alkanes of at least 4 members (excludes halogenated alkanes) is 14. The Labute approximate surface area is 184 Å². The molecule has 29 heavy (non-hydrogen) atoms. The molecule has 2 nitrogen and oxygen atoms in total. The molecule has 0 rings (SSSR count). The molecule has 0 bridgehead atoms. The molecule has 0 spiro atoms. The minimum Gasteiger partial charge on any atom is -0.353 e. The van der Waals surface area contributed by atoms with Gasteiger partial charge in [0.25, 0.3) is 0 Å². The molecule has 0 aliphatic heterocycles. The maximum Gasteiger partial charge on any atom is 0.157 e. The van der Waals surface area contributed by atoms with Crippen molar-refractivity contribution >= 4 is 0 Å². The lowest BCUT2D eigenvalue weighted by molar-refractivity contribution is -0.148. The second kappa shape index (κ2) is 25.7. The van der Waals surface area contributed by atoms with E-state index in [4.69, 9.17) is 9.47 Å². The Kier molecular flexibility index (Phi) is 25.4. The zero-order valence-electron chi connectivity index (χ0n) is 20.4. The predicted molar refractivity (Wildman–Crippen MR) is 130 cm³/mol. The van der Waals surface area contributed by atoms with Gasteiger partial charge in [-0.1, -0.05) is 110 Å². The highest BCUT2D eigenvalue weighted by atomic mass is 16.7. The summed E-state index contributed by atoms with van der Waals surface area (Å²) in [6.07, 6.45) is 29.1. The molecule has 0 fully saturated rings. The van der Waals surface area contributed by atoms with Crippen molar-refractivity contribution in [1.29, 1.82) is 0 Å². The number of ether oxygens (including phenoxy) is 2. The van der Waals surface area contributed by atoms with Gasteiger partial charge < -0.3 is 9.47 Å². The fraction of sp³-hybridized carbons (Fsp3) is 0.926. The topological polar surface area (TPSA) is 18.5 Å². The van der Waals surface area contributed by atoms with Gasteiger partial charge in [0.05, 0.1) is 0 Å². The van der Waals surface area contributed by atoms with Crippen LogP contribution in [0, 0.1) is 0 Å². The predicted octanol–water partition coefficient (Wildman–Crippen LogP) is 9.37. The van der Waals surface area contributed by atoms with Gasteiger partial charge in [0.15, 0.2) is 6.29 Å². The van der Waals surface area contributed by atoms with Gasteiger partial charge in [-0.2, -0.15) is 0 Å². The fourth-order valence-electron chi connectivity index (χ4n) is 3.56. The summed E-state index contributed by atoms with van der Waals surface area (Å²) in [6.45, 7) is 8.52. The van der Waals surface area contributed by atoms with Crippen molar-refractivity contribution in [3.63, 3.8) is 0 Å². The van der Waals surface area contributed by atoms with Gasteiger partial charge in [-0.05, 0) is 44.9 Å². The lowest BCUT2D eigenvalue weighted by atomic mass is 10.1. The lowest BCUT2D eigenvalue weighted by Crippen LogP contribution is -2.19. The molecular weight excluding hydrogens is 356 g/mol. The van der Waals surface area contributed by atoms with Crippen LogP contribution in [0.3, 0.4) is 0 Å². The Hall–Kier alpha value is -0.340. The molecule has 0 amide bonds. The molecule has 174 valence electrons. The zero-order chi connectivity index (χ0) is 21.3. The second-order valence-corrected chi connectivity index (χ2v) is 8.60. The molecule has 0 saturated heterocycles. The average molecular weight is 411 g/mol. The van der Waals surface area contributed by atoms with E-state index in [0.29, 0.717) is 0 Å². The van der Waals surface area contributed by atoms with Crippen LogP contribution in [-0.2, 0) is 9.47 Å². The number of rotatable bonds is 24. The normalized spacial score (nSPS) is 11.9.